The maximum Gasteiger partial charge on any atom is 0.253 e. The normalized spacial score (nSPS) is 11.3. The Morgan fingerprint density at radius 2 is 1.71 bits per heavy atom. The van der Waals surface area contributed by atoms with Crippen LogP contribution >= 0.6 is 0 Å². The first-order valence-electron chi connectivity index (χ1n) is 8.08. The predicted octanol–water partition coefficient (Wildman–Crippen LogP) is 4.62. The van der Waals surface area contributed by atoms with E-state index >= 15 is 0 Å². The standard InChI is InChI=1S/C19H31NO/c1-13(2)8-9-20(7)19(21)18-11-15(5)16(6)17(12-18)10-14(3)4/h11-14H,8-10H2,1-7H3. The number of carbonyl (C=O) groups excluding carboxylic acids is 1. The maximum absolute atomic E-state index is 12.6. The van der Waals surface area contributed by atoms with Crippen molar-refractivity contribution in [1.29, 1.82) is 0 Å². The molecule has 0 bridgehead atoms. The molecule has 118 valence electrons. The number of hydrogen-bond donors (Lipinski definition) is 0. The largest absolute Gasteiger partial charge is 0.342 e. The molecule has 1 aromatic carbocycles. The molecule has 2 heteroatoms. The second-order valence-corrected chi connectivity index (χ2v) is 7.08. The molecule has 0 aliphatic heterocycles. The van der Waals surface area contributed by atoms with Gasteiger partial charge in [0, 0.05) is 19.2 Å². The van der Waals surface area contributed by atoms with Gasteiger partial charge in [-0.2, -0.15) is 0 Å². The molecule has 0 spiro atoms. The summed E-state index contributed by atoms with van der Waals surface area (Å²) in [7, 11) is 1.90. The highest BCUT2D eigenvalue weighted by Gasteiger charge is 2.15. The van der Waals surface area contributed by atoms with Gasteiger partial charge in [0.1, 0.15) is 0 Å². The quantitative estimate of drug-likeness (QED) is 0.748. The lowest BCUT2D eigenvalue weighted by atomic mass is 9.93. The monoisotopic (exact) mass is 289 g/mol. The zero-order valence-electron chi connectivity index (χ0n) is 14.8. The van der Waals surface area contributed by atoms with Gasteiger partial charge < -0.3 is 4.90 Å². The van der Waals surface area contributed by atoms with Gasteiger partial charge in [-0.05, 0) is 67.3 Å². The van der Waals surface area contributed by atoms with Crippen LogP contribution in [-0.2, 0) is 6.42 Å². The first kappa shape index (κ1) is 17.7. The molecule has 1 rings (SSSR count). The van der Waals surface area contributed by atoms with Crippen LogP contribution in [0.4, 0.5) is 0 Å². The van der Waals surface area contributed by atoms with E-state index in [9.17, 15) is 4.79 Å². The Morgan fingerprint density at radius 3 is 2.24 bits per heavy atom. The Labute approximate surface area is 130 Å². The molecular formula is C19H31NO. The number of amides is 1. The second kappa shape index (κ2) is 7.63. The molecule has 2 nitrogen and oxygen atoms in total. The van der Waals surface area contributed by atoms with Crippen LogP contribution in [0.1, 0.15) is 61.2 Å². The highest BCUT2D eigenvalue weighted by molar-refractivity contribution is 5.94. The first-order chi connectivity index (χ1) is 9.72. The van der Waals surface area contributed by atoms with Gasteiger partial charge in [-0.1, -0.05) is 27.7 Å². The molecule has 21 heavy (non-hydrogen) atoms. The first-order valence-corrected chi connectivity index (χ1v) is 8.08. The number of rotatable bonds is 6. The van der Waals surface area contributed by atoms with E-state index in [4.69, 9.17) is 0 Å². The summed E-state index contributed by atoms with van der Waals surface area (Å²) in [6, 6.07) is 4.13. The zero-order chi connectivity index (χ0) is 16.2. The van der Waals surface area contributed by atoms with Crippen LogP contribution in [0.2, 0.25) is 0 Å². The van der Waals surface area contributed by atoms with Crippen molar-refractivity contribution >= 4 is 5.91 Å². The Kier molecular flexibility index (Phi) is 6.44. The van der Waals surface area contributed by atoms with E-state index in [1.165, 1.54) is 16.7 Å². The van der Waals surface area contributed by atoms with Crippen molar-refractivity contribution in [3.8, 4) is 0 Å². The molecular weight excluding hydrogens is 258 g/mol. The average Bonchev–Trinajstić information content (AvgIpc) is 2.39. The van der Waals surface area contributed by atoms with Crippen LogP contribution in [0.15, 0.2) is 12.1 Å². The number of nitrogens with zero attached hydrogens (tertiary/aromatic N) is 1. The third-order valence-electron chi connectivity index (χ3n) is 4.04. The summed E-state index contributed by atoms with van der Waals surface area (Å²) < 4.78 is 0. The lowest BCUT2D eigenvalue weighted by Gasteiger charge is -2.20. The minimum absolute atomic E-state index is 0.142. The highest BCUT2D eigenvalue weighted by Crippen LogP contribution is 2.20. The summed E-state index contributed by atoms with van der Waals surface area (Å²) in [5, 5.41) is 0. The van der Waals surface area contributed by atoms with Crippen LogP contribution in [0.3, 0.4) is 0 Å². The van der Waals surface area contributed by atoms with E-state index in [-0.39, 0.29) is 5.91 Å². The van der Waals surface area contributed by atoms with E-state index in [2.05, 4.69) is 47.6 Å². The molecule has 0 saturated carbocycles. The van der Waals surface area contributed by atoms with Gasteiger partial charge in [-0.15, -0.1) is 0 Å². The van der Waals surface area contributed by atoms with Gasteiger partial charge in [0.05, 0.1) is 0 Å². The predicted molar refractivity (Wildman–Crippen MR) is 90.9 cm³/mol. The highest BCUT2D eigenvalue weighted by atomic mass is 16.2. The molecule has 0 aromatic heterocycles. The molecule has 0 aliphatic carbocycles. The van der Waals surface area contributed by atoms with Gasteiger partial charge in [-0.25, -0.2) is 0 Å². The third-order valence-corrected chi connectivity index (χ3v) is 4.04. The van der Waals surface area contributed by atoms with Gasteiger partial charge in [0.15, 0.2) is 0 Å². The lowest BCUT2D eigenvalue weighted by Crippen LogP contribution is -2.28. The zero-order valence-corrected chi connectivity index (χ0v) is 14.8. The molecule has 0 unspecified atom stereocenters. The summed E-state index contributed by atoms with van der Waals surface area (Å²) in [6.45, 7) is 13.9. The fraction of sp³-hybridized carbons (Fsp3) is 0.632. The van der Waals surface area contributed by atoms with Crippen molar-refractivity contribution in [2.24, 2.45) is 11.8 Å². The third kappa shape index (κ3) is 5.18. The Hall–Kier alpha value is -1.31. The molecule has 0 aliphatic rings. The van der Waals surface area contributed by atoms with Crippen molar-refractivity contribution in [2.45, 2.75) is 54.4 Å². The molecule has 0 saturated heterocycles. The van der Waals surface area contributed by atoms with E-state index in [0.717, 1.165) is 24.9 Å². The van der Waals surface area contributed by atoms with Crippen molar-refractivity contribution in [3.63, 3.8) is 0 Å². The maximum atomic E-state index is 12.6. The van der Waals surface area contributed by atoms with Gasteiger partial charge >= 0.3 is 0 Å². The van der Waals surface area contributed by atoms with Crippen LogP contribution < -0.4 is 0 Å². The van der Waals surface area contributed by atoms with Crippen molar-refractivity contribution in [1.82, 2.24) is 4.90 Å². The van der Waals surface area contributed by atoms with E-state index < -0.39 is 0 Å². The van der Waals surface area contributed by atoms with E-state index in [0.29, 0.717) is 11.8 Å². The van der Waals surface area contributed by atoms with Crippen LogP contribution in [-0.4, -0.2) is 24.4 Å². The second-order valence-electron chi connectivity index (χ2n) is 7.08. The fourth-order valence-corrected chi connectivity index (χ4v) is 2.48. The Bertz CT molecular complexity index is 489. The van der Waals surface area contributed by atoms with Crippen LogP contribution in [0, 0.1) is 25.7 Å². The fourth-order valence-electron chi connectivity index (χ4n) is 2.48. The molecule has 0 N–H and O–H groups in total. The number of benzene rings is 1. The van der Waals surface area contributed by atoms with Crippen molar-refractivity contribution in [3.05, 3.63) is 34.4 Å². The SMILES string of the molecule is Cc1cc(C(=O)N(C)CCC(C)C)cc(CC(C)C)c1C. The smallest absolute Gasteiger partial charge is 0.253 e. The minimum Gasteiger partial charge on any atom is -0.342 e. The average molecular weight is 289 g/mol. The summed E-state index contributed by atoms with van der Waals surface area (Å²) in [4.78, 5) is 14.4. The van der Waals surface area contributed by atoms with Crippen molar-refractivity contribution in [2.75, 3.05) is 13.6 Å². The summed E-state index contributed by atoms with van der Waals surface area (Å²) in [6.07, 6.45) is 2.08. The Morgan fingerprint density at radius 1 is 1.10 bits per heavy atom. The minimum atomic E-state index is 0.142. The number of carbonyl (C=O) groups is 1. The molecule has 1 amide bonds. The molecule has 0 radical (unpaired) electrons. The number of hydrogen-bond acceptors (Lipinski definition) is 1. The van der Waals surface area contributed by atoms with Crippen LogP contribution in [0.25, 0.3) is 0 Å². The van der Waals surface area contributed by atoms with Crippen molar-refractivity contribution < 1.29 is 4.79 Å². The molecule has 0 heterocycles. The van der Waals surface area contributed by atoms with Gasteiger partial charge in [0.25, 0.3) is 5.91 Å². The topological polar surface area (TPSA) is 20.3 Å². The summed E-state index contributed by atoms with van der Waals surface area (Å²) >= 11 is 0. The summed E-state index contributed by atoms with van der Waals surface area (Å²) in [5.41, 5.74) is 4.68. The lowest BCUT2D eigenvalue weighted by molar-refractivity contribution is 0.0789. The molecule has 0 atom stereocenters. The van der Waals surface area contributed by atoms with E-state index in [1.54, 1.807) is 0 Å². The molecule has 0 fully saturated rings. The van der Waals surface area contributed by atoms with Crippen LogP contribution in [0.5, 0.6) is 0 Å². The summed E-state index contributed by atoms with van der Waals surface area (Å²) in [5.74, 6) is 1.37. The molecule has 1 aromatic rings. The van der Waals surface area contributed by atoms with Gasteiger partial charge in [0.2, 0.25) is 0 Å². The Balaban J connectivity index is 2.96. The van der Waals surface area contributed by atoms with E-state index in [1.807, 2.05) is 18.0 Å². The van der Waals surface area contributed by atoms with Gasteiger partial charge in [-0.3, -0.25) is 4.79 Å². The number of aryl methyl sites for hydroxylation is 1.